The van der Waals surface area contributed by atoms with Crippen molar-refractivity contribution in [3.05, 3.63) is 87.0 Å². The smallest absolute Gasteiger partial charge is 0.307 e. The number of rotatable bonds is 9. The summed E-state index contributed by atoms with van der Waals surface area (Å²) >= 11 is 9.72. The van der Waals surface area contributed by atoms with Crippen LogP contribution in [0.2, 0.25) is 5.02 Å². The van der Waals surface area contributed by atoms with Crippen LogP contribution in [0, 0.1) is 0 Å². The SMILES string of the molecule is CCOc1ccc2oc(C(=O)N/N=C\c3cc(Br)c(OCc4ccccc4Cl)c(OC)c3)cc2c1. The van der Waals surface area contributed by atoms with Crippen molar-refractivity contribution in [1.29, 1.82) is 0 Å². The first kappa shape index (κ1) is 24.6. The summed E-state index contributed by atoms with van der Waals surface area (Å²) in [6.45, 7) is 2.74. The molecule has 1 aromatic heterocycles. The number of halogens is 2. The third kappa shape index (κ3) is 5.96. The van der Waals surface area contributed by atoms with Crippen molar-refractivity contribution in [2.24, 2.45) is 5.10 Å². The molecule has 0 aliphatic carbocycles. The Bertz CT molecular complexity index is 1390. The molecular weight excluding hydrogens is 536 g/mol. The standard InChI is InChI=1S/C26H22BrClN2O5/c1-3-33-19-8-9-22-18(12-19)13-24(35-22)26(31)30-29-14-16-10-20(27)25(23(11-16)32-2)34-15-17-6-4-5-7-21(17)28/h4-14H,3,15H2,1-2H3,(H,30,31)/b29-14-. The summed E-state index contributed by atoms with van der Waals surface area (Å²) in [6.07, 6.45) is 1.50. The van der Waals surface area contributed by atoms with E-state index in [2.05, 4.69) is 26.5 Å². The van der Waals surface area contributed by atoms with Gasteiger partial charge in [-0.05, 0) is 70.9 Å². The number of hydrogen-bond acceptors (Lipinski definition) is 6. The molecule has 35 heavy (non-hydrogen) atoms. The summed E-state index contributed by atoms with van der Waals surface area (Å²) in [5.74, 6) is 1.42. The van der Waals surface area contributed by atoms with Crippen molar-refractivity contribution < 1.29 is 23.4 Å². The van der Waals surface area contributed by atoms with E-state index in [1.54, 1.807) is 37.4 Å². The van der Waals surface area contributed by atoms with Gasteiger partial charge in [-0.25, -0.2) is 5.43 Å². The summed E-state index contributed by atoms with van der Waals surface area (Å²) < 4.78 is 23.2. The van der Waals surface area contributed by atoms with Crippen LogP contribution < -0.4 is 19.6 Å². The Hall–Kier alpha value is -3.49. The zero-order chi connectivity index (χ0) is 24.8. The van der Waals surface area contributed by atoms with Gasteiger partial charge in [-0.2, -0.15) is 5.10 Å². The van der Waals surface area contributed by atoms with E-state index in [1.165, 1.54) is 6.21 Å². The van der Waals surface area contributed by atoms with Crippen molar-refractivity contribution in [3.8, 4) is 17.2 Å². The monoisotopic (exact) mass is 556 g/mol. The third-order valence-electron chi connectivity index (χ3n) is 4.98. The zero-order valence-corrected chi connectivity index (χ0v) is 21.4. The molecular formula is C26H22BrClN2O5. The average Bonchev–Trinajstić information content (AvgIpc) is 3.28. The fourth-order valence-corrected chi connectivity index (χ4v) is 4.09. The van der Waals surface area contributed by atoms with E-state index < -0.39 is 5.91 Å². The molecule has 0 bridgehead atoms. The number of benzene rings is 3. The van der Waals surface area contributed by atoms with Crippen molar-refractivity contribution in [2.75, 3.05) is 13.7 Å². The number of carbonyl (C=O) groups is 1. The highest BCUT2D eigenvalue weighted by atomic mass is 79.9. The van der Waals surface area contributed by atoms with Gasteiger partial charge in [0.2, 0.25) is 0 Å². The predicted octanol–water partition coefficient (Wildman–Crippen LogP) is 6.60. The molecule has 4 aromatic rings. The van der Waals surface area contributed by atoms with Crippen LogP contribution >= 0.6 is 27.5 Å². The topological polar surface area (TPSA) is 82.3 Å². The van der Waals surface area contributed by atoms with Gasteiger partial charge in [0.25, 0.3) is 0 Å². The number of hydrogen-bond donors (Lipinski definition) is 1. The molecule has 0 atom stereocenters. The highest BCUT2D eigenvalue weighted by molar-refractivity contribution is 9.10. The third-order valence-corrected chi connectivity index (χ3v) is 5.94. The highest BCUT2D eigenvalue weighted by Crippen LogP contribution is 2.37. The Morgan fingerprint density at radius 3 is 2.74 bits per heavy atom. The number of nitrogens with zero attached hydrogens (tertiary/aromatic N) is 1. The minimum atomic E-state index is -0.471. The number of carbonyl (C=O) groups excluding carboxylic acids is 1. The Balaban J connectivity index is 1.44. The fraction of sp³-hybridized carbons (Fsp3) is 0.154. The van der Waals surface area contributed by atoms with Gasteiger partial charge in [0.05, 0.1) is 24.4 Å². The van der Waals surface area contributed by atoms with E-state index in [4.69, 9.17) is 30.2 Å². The molecule has 1 N–H and O–H groups in total. The number of furan rings is 1. The molecule has 9 heteroatoms. The molecule has 0 radical (unpaired) electrons. The Kier molecular flexibility index (Phi) is 7.94. The molecule has 7 nitrogen and oxygen atoms in total. The number of nitrogens with one attached hydrogen (secondary N) is 1. The molecule has 3 aromatic carbocycles. The number of fused-ring (bicyclic) bond motifs is 1. The van der Waals surface area contributed by atoms with Crippen LogP contribution in [0.4, 0.5) is 0 Å². The van der Waals surface area contributed by atoms with Crippen molar-refractivity contribution in [1.82, 2.24) is 5.43 Å². The molecule has 0 spiro atoms. The second-order valence-corrected chi connectivity index (χ2v) is 8.62. The van der Waals surface area contributed by atoms with Crippen LogP contribution in [0.1, 0.15) is 28.6 Å². The summed E-state index contributed by atoms with van der Waals surface area (Å²) in [5.41, 5.74) is 4.61. The molecule has 4 rings (SSSR count). The maximum absolute atomic E-state index is 12.5. The Morgan fingerprint density at radius 2 is 1.97 bits per heavy atom. The number of amides is 1. The van der Waals surface area contributed by atoms with Crippen LogP contribution in [0.5, 0.6) is 17.2 Å². The maximum Gasteiger partial charge on any atom is 0.307 e. The van der Waals surface area contributed by atoms with Gasteiger partial charge in [-0.3, -0.25) is 4.79 Å². The van der Waals surface area contributed by atoms with Crippen molar-refractivity contribution in [3.63, 3.8) is 0 Å². The van der Waals surface area contributed by atoms with E-state index in [0.29, 0.717) is 44.5 Å². The van der Waals surface area contributed by atoms with Crippen LogP contribution in [0.3, 0.4) is 0 Å². The number of methoxy groups -OCH3 is 1. The summed E-state index contributed by atoms with van der Waals surface area (Å²) in [6, 6.07) is 18.0. The molecule has 1 amide bonds. The molecule has 0 aliphatic rings. The molecule has 1 heterocycles. The van der Waals surface area contributed by atoms with Crippen LogP contribution in [-0.4, -0.2) is 25.8 Å². The largest absolute Gasteiger partial charge is 0.494 e. The van der Waals surface area contributed by atoms with Gasteiger partial charge in [-0.1, -0.05) is 29.8 Å². The lowest BCUT2D eigenvalue weighted by Gasteiger charge is -2.14. The molecule has 0 unspecified atom stereocenters. The van der Waals surface area contributed by atoms with Crippen molar-refractivity contribution >= 4 is 50.6 Å². The quantitative estimate of drug-likeness (QED) is 0.185. The van der Waals surface area contributed by atoms with Gasteiger partial charge in [0.15, 0.2) is 17.3 Å². The maximum atomic E-state index is 12.5. The van der Waals surface area contributed by atoms with E-state index >= 15 is 0 Å². The Morgan fingerprint density at radius 1 is 1.14 bits per heavy atom. The first-order chi connectivity index (χ1) is 17.0. The summed E-state index contributed by atoms with van der Waals surface area (Å²) in [5, 5.41) is 5.44. The Labute approximate surface area is 215 Å². The van der Waals surface area contributed by atoms with Gasteiger partial charge in [0, 0.05) is 16.0 Å². The average molecular weight is 558 g/mol. The number of hydrazone groups is 1. The minimum Gasteiger partial charge on any atom is -0.494 e. The molecule has 0 fully saturated rings. The van der Waals surface area contributed by atoms with Crippen LogP contribution in [-0.2, 0) is 6.61 Å². The lowest BCUT2D eigenvalue weighted by atomic mass is 10.2. The molecule has 180 valence electrons. The van der Waals surface area contributed by atoms with E-state index in [9.17, 15) is 4.79 Å². The second kappa shape index (κ2) is 11.3. The molecule has 0 aliphatic heterocycles. The number of ether oxygens (including phenoxy) is 3. The minimum absolute atomic E-state index is 0.146. The lowest BCUT2D eigenvalue weighted by Crippen LogP contribution is -2.16. The van der Waals surface area contributed by atoms with E-state index in [1.807, 2.05) is 37.3 Å². The van der Waals surface area contributed by atoms with Gasteiger partial charge in [-0.15, -0.1) is 0 Å². The zero-order valence-electron chi connectivity index (χ0n) is 19.0. The van der Waals surface area contributed by atoms with Crippen LogP contribution in [0.25, 0.3) is 11.0 Å². The van der Waals surface area contributed by atoms with E-state index in [-0.39, 0.29) is 12.4 Å². The summed E-state index contributed by atoms with van der Waals surface area (Å²) in [7, 11) is 1.55. The lowest BCUT2D eigenvalue weighted by molar-refractivity contribution is 0.0929. The predicted molar refractivity (Wildman–Crippen MR) is 139 cm³/mol. The molecule has 0 saturated carbocycles. The van der Waals surface area contributed by atoms with Gasteiger partial charge < -0.3 is 18.6 Å². The van der Waals surface area contributed by atoms with E-state index in [0.717, 1.165) is 10.9 Å². The summed E-state index contributed by atoms with van der Waals surface area (Å²) in [4.78, 5) is 12.5. The second-order valence-electron chi connectivity index (χ2n) is 7.36. The van der Waals surface area contributed by atoms with Crippen LogP contribution in [0.15, 0.2) is 74.7 Å². The van der Waals surface area contributed by atoms with Gasteiger partial charge in [0.1, 0.15) is 17.9 Å². The fourth-order valence-electron chi connectivity index (χ4n) is 3.33. The van der Waals surface area contributed by atoms with Gasteiger partial charge >= 0.3 is 5.91 Å². The molecule has 0 saturated heterocycles. The highest BCUT2D eigenvalue weighted by Gasteiger charge is 2.14. The van der Waals surface area contributed by atoms with Crippen molar-refractivity contribution in [2.45, 2.75) is 13.5 Å². The first-order valence-corrected chi connectivity index (χ1v) is 11.9. The first-order valence-electron chi connectivity index (χ1n) is 10.7. The normalized spacial score (nSPS) is 11.1.